The Kier molecular flexibility index (Phi) is 4.99. The summed E-state index contributed by atoms with van der Waals surface area (Å²) in [5.41, 5.74) is 3.03. The lowest BCUT2D eigenvalue weighted by Crippen LogP contribution is -2.47. The molecule has 0 saturated carbocycles. The minimum atomic E-state index is -1.32. The molecule has 26 heavy (non-hydrogen) atoms. The van der Waals surface area contributed by atoms with Gasteiger partial charge in [-0.3, -0.25) is 9.59 Å². The van der Waals surface area contributed by atoms with E-state index in [9.17, 15) is 19.5 Å². The lowest BCUT2D eigenvalue weighted by molar-refractivity contribution is -0.303. The molecule has 2 aromatic carbocycles. The molecule has 3 rings (SSSR count). The van der Waals surface area contributed by atoms with Gasteiger partial charge in [0, 0.05) is 5.69 Å². The van der Waals surface area contributed by atoms with Crippen LogP contribution in [0.2, 0.25) is 0 Å². The number of anilines is 2. The van der Waals surface area contributed by atoms with Gasteiger partial charge in [-0.1, -0.05) is 35.4 Å². The third-order valence-electron chi connectivity index (χ3n) is 4.07. The quantitative estimate of drug-likeness (QED) is 0.803. The molecule has 0 radical (unpaired) electrons. The van der Waals surface area contributed by atoms with Crippen LogP contribution in [-0.2, 0) is 9.59 Å². The average Bonchev–Trinajstić information content (AvgIpc) is 2.89. The van der Waals surface area contributed by atoms with Gasteiger partial charge in [0.05, 0.1) is 18.2 Å². The minimum Gasteiger partial charge on any atom is -0.548 e. The third kappa shape index (κ3) is 3.57. The number of hydrogen-bond donors (Lipinski definition) is 0. The Morgan fingerprint density at radius 3 is 2.12 bits per heavy atom. The summed E-state index contributed by atoms with van der Waals surface area (Å²) in [6.45, 7) is 3.33. The number of benzene rings is 2. The van der Waals surface area contributed by atoms with Crippen LogP contribution in [0.15, 0.2) is 48.5 Å². The maximum atomic E-state index is 12.9. The minimum absolute atomic E-state index is 0.431. The van der Waals surface area contributed by atoms with Gasteiger partial charge in [0.1, 0.15) is 0 Å². The summed E-state index contributed by atoms with van der Waals surface area (Å²) in [6.07, 6.45) is 0. The fourth-order valence-electron chi connectivity index (χ4n) is 2.71. The highest BCUT2D eigenvalue weighted by atomic mass is 32.2. The van der Waals surface area contributed by atoms with Crippen LogP contribution < -0.4 is 14.9 Å². The zero-order valence-corrected chi connectivity index (χ0v) is 15.2. The molecule has 1 aliphatic rings. The summed E-state index contributed by atoms with van der Waals surface area (Å²) in [7, 11) is 0. The van der Waals surface area contributed by atoms with Crippen LogP contribution in [0.25, 0.3) is 0 Å². The molecule has 0 unspecified atom stereocenters. The first-order chi connectivity index (χ1) is 12.4. The molecule has 2 aromatic rings. The van der Waals surface area contributed by atoms with Crippen molar-refractivity contribution in [1.29, 1.82) is 0 Å². The molecule has 0 aromatic heterocycles. The third-order valence-corrected chi connectivity index (χ3v) is 5.13. The smallest absolute Gasteiger partial charge is 0.295 e. The lowest BCUT2D eigenvalue weighted by Gasteiger charge is -2.29. The SMILES string of the molecule is Cc1ccc(N2C(=O)S[C@@H](N(CC(=O)[O-])c3ccc(C)cc3)C2=O)cc1. The standard InChI is InChI=1S/C19H18N2O4S/c1-12-3-7-14(8-4-12)20(11-16(22)23)18-17(24)21(19(25)26-18)15-9-5-13(2)6-10-15/h3-10,18H,11H2,1-2H3,(H,22,23)/p-1/t18-/m1/s1. The van der Waals surface area contributed by atoms with Gasteiger partial charge in [0.15, 0.2) is 5.37 Å². The van der Waals surface area contributed by atoms with Crippen LogP contribution in [-0.4, -0.2) is 29.0 Å². The van der Waals surface area contributed by atoms with Crippen molar-refractivity contribution >= 4 is 40.3 Å². The van der Waals surface area contributed by atoms with E-state index in [4.69, 9.17) is 0 Å². The van der Waals surface area contributed by atoms with E-state index in [1.165, 1.54) is 4.90 Å². The number of carboxylic acid groups (broad SMARTS) is 1. The molecular weight excluding hydrogens is 352 g/mol. The molecule has 1 fully saturated rings. The van der Waals surface area contributed by atoms with Crippen LogP contribution in [0.4, 0.5) is 16.2 Å². The van der Waals surface area contributed by atoms with Crippen LogP contribution >= 0.6 is 11.8 Å². The molecule has 1 saturated heterocycles. The van der Waals surface area contributed by atoms with Gasteiger partial charge in [-0.15, -0.1) is 0 Å². The normalized spacial score (nSPS) is 16.8. The first-order valence-corrected chi connectivity index (χ1v) is 8.89. The number of carbonyl (C=O) groups is 3. The van der Waals surface area contributed by atoms with E-state index < -0.39 is 29.0 Å². The molecule has 1 aliphatic heterocycles. The summed E-state index contributed by atoms with van der Waals surface area (Å²) in [5, 5.41) is 9.83. The first kappa shape index (κ1) is 18.0. The van der Waals surface area contributed by atoms with E-state index in [-0.39, 0.29) is 0 Å². The van der Waals surface area contributed by atoms with Crippen molar-refractivity contribution in [2.45, 2.75) is 19.2 Å². The van der Waals surface area contributed by atoms with Crippen molar-refractivity contribution in [1.82, 2.24) is 0 Å². The highest BCUT2D eigenvalue weighted by Gasteiger charge is 2.44. The van der Waals surface area contributed by atoms with Crippen molar-refractivity contribution in [3.8, 4) is 0 Å². The second-order valence-electron chi connectivity index (χ2n) is 6.08. The maximum Gasteiger partial charge on any atom is 0.295 e. The van der Waals surface area contributed by atoms with Crippen molar-refractivity contribution in [2.75, 3.05) is 16.3 Å². The van der Waals surface area contributed by atoms with Crippen LogP contribution in [0, 0.1) is 13.8 Å². The average molecular weight is 369 g/mol. The Balaban J connectivity index is 1.93. The van der Waals surface area contributed by atoms with Crippen molar-refractivity contribution in [3.05, 3.63) is 59.7 Å². The first-order valence-electron chi connectivity index (χ1n) is 8.01. The van der Waals surface area contributed by atoms with E-state index in [1.54, 1.807) is 24.3 Å². The predicted octanol–water partition coefficient (Wildman–Crippen LogP) is 2.09. The number of nitrogens with zero attached hydrogens (tertiary/aromatic N) is 2. The topological polar surface area (TPSA) is 80.8 Å². The van der Waals surface area contributed by atoms with Gasteiger partial charge in [-0.25, -0.2) is 4.90 Å². The number of carbonyl (C=O) groups excluding carboxylic acids is 3. The van der Waals surface area contributed by atoms with E-state index in [0.717, 1.165) is 27.8 Å². The number of imide groups is 1. The van der Waals surface area contributed by atoms with E-state index in [0.29, 0.717) is 11.4 Å². The molecule has 1 heterocycles. The molecule has 0 aliphatic carbocycles. The monoisotopic (exact) mass is 369 g/mol. The summed E-state index contributed by atoms with van der Waals surface area (Å²) in [5.74, 6) is -1.79. The van der Waals surface area contributed by atoms with Crippen molar-refractivity contribution in [2.24, 2.45) is 0 Å². The zero-order chi connectivity index (χ0) is 18.8. The van der Waals surface area contributed by atoms with Gasteiger partial charge in [-0.05, 0) is 49.9 Å². The van der Waals surface area contributed by atoms with Gasteiger partial charge in [0.2, 0.25) is 0 Å². The molecule has 134 valence electrons. The Bertz CT molecular complexity index is 849. The number of hydrogen-bond acceptors (Lipinski definition) is 6. The van der Waals surface area contributed by atoms with Crippen LogP contribution in [0.1, 0.15) is 11.1 Å². The molecule has 6 nitrogen and oxygen atoms in total. The summed E-state index contributed by atoms with van der Waals surface area (Å²) in [4.78, 5) is 39.0. The van der Waals surface area contributed by atoms with Gasteiger partial charge in [0.25, 0.3) is 11.1 Å². The highest BCUT2D eigenvalue weighted by molar-refractivity contribution is 8.16. The number of thioether (sulfide) groups is 1. The largest absolute Gasteiger partial charge is 0.548 e. The van der Waals surface area contributed by atoms with Crippen molar-refractivity contribution in [3.63, 3.8) is 0 Å². The molecule has 7 heteroatoms. The summed E-state index contributed by atoms with van der Waals surface area (Å²) < 4.78 is 0. The summed E-state index contributed by atoms with van der Waals surface area (Å²) in [6, 6.07) is 14.1. The van der Waals surface area contributed by atoms with Crippen molar-refractivity contribution < 1.29 is 19.5 Å². The van der Waals surface area contributed by atoms with E-state index in [1.807, 2.05) is 38.1 Å². The summed E-state index contributed by atoms with van der Waals surface area (Å²) >= 11 is 0.802. The zero-order valence-electron chi connectivity index (χ0n) is 14.3. The van der Waals surface area contributed by atoms with Crippen LogP contribution in [0.5, 0.6) is 0 Å². The number of carboxylic acids is 1. The molecule has 0 bridgehead atoms. The van der Waals surface area contributed by atoms with Crippen LogP contribution in [0.3, 0.4) is 0 Å². The molecule has 0 N–H and O–H groups in total. The molecular formula is C19H17N2O4S-. The number of rotatable bonds is 5. The Hall–Kier alpha value is -2.80. The van der Waals surface area contributed by atoms with E-state index >= 15 is 0 Å². The number of aryl methyl sites for hydroxylation is 2. The molecule has 0 spiro atoms. The number of aliphatic carboxylic acids is 1. The van der Waals surface area contributed by atoms with Gasteiger partial charge < -0.3 is 14.8 Å². The Morgan fingerprint density at radius 2 is 1.58 bits per heavy atom. The maximum absolute atomic E-state index is 12.9. The van der Waals surface area contributed by atoms with Gasteiger partial charge >= 0.3 is 0 Å². The highest BCUT2D eigenvalue weighted by Crippen LogP contribution is 2.35. The lowest BCUT2D eigenvalue weighted by atomic mass is 10.2. The Morgan fingerprint density at radius 1 is 1.04 bits per heavy atom. The second-order valence-corrected chi connectivity index (χ2v) is 7.11. The Labute approximate surface area is 155 Å². The number of amides is 2. The molecule has 1 atom stereocenters. The second kappa shape index (κ2) is 7.21. The van der Waals surface area contributed by atoms with E-state index in [2.05, 4.69) is 0 Å². The predicted molar refractivity (Wildman–Crippen MR) is 99.0 cm³/mol. The molecule has 2 amide bonds. The fraction of sp³-hybridized carbons (Fsp3) is 0.211. The van der Waals surface area contributed by atoms with Gasteiger partial charge in [-0.2, -0.15) is 0 Å². The fourth-order valence-corrected chi connectivity index (χ4v) is 3.73.